The number of aliphatic hydroxyl groups excluding tert-OH is 1. The molecule has 2 rings (SSSR count). The summed E-state index contributed by atoms with van der Waals surface area (Å²) in [5.74, 6) is 6.69. The lowest BCUT2D eigenvalue weighted by Crippen LogP contribution is -2.30. The van der Waals surface area contributed by atoms with Gasteiger partial charge in [0.05, 0.1) is 11.5 Å². The minimum absolute atomic E-state index is 0.0287. The average Bonchev–Trinajstić information content (AvgIpc) is 2.99. The molecule has 1 aliphatic heterocycles. The van der Waals surface area contributed by atoms with Crippen molar-refractivity contribution in [3.8, 4) is 11.8 Å². The smallest absolute Gasteiger partial charge is 0.241 e. The fraction of sp³-hybridized carbons (Fsp3) is 0.467. The van der Waals surface area contributed by atoms with E-state index in [4.69, 9.17) is 5.11 Å². The molecule has 1 aliphatic rings. The lowest BCUT2D eigenvalue weighted by atomic mass is 10.2. The number of thioether (sulfide) groups is 1. The molecule has 0 aliphatic carbocycles. The highest BCUT2D eigenvalue weighted by Gasteiger charge is 2.21. The quantitative estimate of drug-likeness (QED) is 0.807. The number of aliphatic hydroxyl groups is 1. The Morgan fingerprint density at radius 2 is 2.19 bits per heavy atom. The van der Waals surface area contributed by atoms with Gasteiger partial charge < -0.3 is 5.11 Å². The third-order valence-corrected chi connectivity index (χ3v) is 6.04. The summed E-state index contributed by atoms with van der Waals surface area (Å²) in [4.78, 5) is 0.207. The minimum Gasteiger partial charge on any atom is -0.395 e. The van der Waals surface area contributed by atoms with Crippen LogP contribution in [0.25, 0.3) is 0 Å². The molecule has 0 aromatic heterocycles. The predicted octanol–water partition coefficient (Wildman–Crippen LogP) is 1.59. The largest absolute Gasteiger partial charge is 0.395 e. The molecule has 1 atom stereocenters. The molecule has 1 unspecified atom stereocenters. The number of sulfonamides is 1. The Hall–Kier alpha value is -1.00. The van der Waals surface area contributed by atoms with Crippen molar-refractivity contribution < 1.29 is 13.5 Å². The third kappa shape index (κ3) is 4.75. The van der Waals surface area contributed by atoms with Crippen LogP contribution in [0.2, 0.25) is 0 Å². The number of hydrogen-bond acceptors (Lipinski definition) is 4. The van der Waals surface area contributed by atoms with Crippen LogP contribution in [0.4, 0.5) is 0 Å². The normalized spacial score (nSPS) is 18.2. The number of benzene rings is 1. The second kappa shape index (κ2) is 7.85. The van der Waals surface area contributed by atoms with Gasteiger partial charge in [-0.15, -0.1) is 0 Å². The summed E-state index contributed by atoms with van der Waals surface area (Å²) in [5, 5.41) is 9.11. The average molecular weight is 325 g/mol. The Bertz CT molecular complexity index is 626. The van der Waals surface area contributed by atoms with Crippen LogP contribution in [0.3, 0.4) is 0 Å². The first-order valence-corrected chi connectivity index (χ1v) is 9.47. The van der Waals surface area contributed by atoms with Gasteiger partial charge in [0.25, 0.3) is 0 Å². The van der Waals surface area contributed by atoms with E-state index in [0.29, 0.717) is 23.8 Å². The Labute approximate surface area is 130 Å². The van der Waals surface area contributed by atoms with Crippen LogP contribution in [0.5, 0.6) is 0 Å². The molecule has 21 heavy (non-hydrogen) atoms. The summed E-state index contributed by atoms with van der Waals surface area (Å²) in [7, 11) is -3.54. The zero-order valence-electron chi connectivity index (χ0n) is 11.7. The molecule has 6 heteroatoms. The maximum atomic E-state index is 12.4. The predicted molar refractivity (Wildman–Crippen MR) is 85.7 cm³/mol. The third-order valence-electron chi connectivity index (χ3n) is 3.16. The van der Waals surface area contributed by atoms with Crippen molar-refractivity contribution in [2.75, 3.05) is 18.9 Å². The molecule has 0 radical (unpaired) electrons. The number of rotatable bonds is 5. The fourth-order valence-electron chi connectivity index (χ4n) is 2.10. The van der Waals surface area contributed by atoms with Crippen molar-refractivity contribution in [3.63, 3.8) is 0 Å². The summed E-state index contributed by atoms with van der Waals surface area (Å²) < 4.78 is 27.5. The molecular weight excluding hydrogens is 306 g/mol. The van der Waals surface area contributed by atoms with Crippen molar-refractivity contribution in [3.05, 3.63) is 29.8 Å². The van der Waals surface area contributed by atoms with E-state index in [1.807, 2.05) is 11.8 Å². The highest BCUT2D eigenvalue weighted by Crippen LogP contribution is 2.25. The van der Waals surface area contributed by atoms with Gasteiger partial charge in [-0.25, -0.2) is 13.1 Å². The van der Waals surface area contributed by atoms with Crippen molar-refractivity contribution in [2.24, 2.45) is 0 Å². The maximum Gasteiger partial charge on any atom is 0.241 e. The van der Waals surface area contributed by atoms with Crippen LogP contribution in [0, 0.1) is 11.8 Å². The summed E-state index contributed by atoms with van der Waals surface area (Å²) in [6, 6.07) is 6.70. The van der Waals surface area contributed by atoms with E-state index in [0.717, 1.165) is 18.6 Å². The van der Waals surface area contributed by atoms with Gasteiger partial charge in [0.2, 0.25) is 10.0 Å². The molecule has 1 fully saturated rings. The SMILES string of the molecule is O=S(=O)(NCC1CCCS1)c1ccccc1C#CCCO. The molecule has 0 saturated carbocycles. The molecule has 1 heterocycles. The van der Waals surface area contributed by atoms with Gasteiger partial charge in [0.15, 0.2) is 0 Å². The Morgan fingerprint density at radius 3 is 2.90 bits per heavy atom. The van der Waals surface area contributed by atoms with Crippen LogP contribution < -0.4 is 4.72 Å². The Balaban J connectivity index is 2.13. The van der Waals surface area contributed by atoms with Gasteiger partial charge in [-0.05, 0) is 30.7 Å². The van der Waals surface area contributed by atoms with E-state index in [-0.39, 0.29) is 11.5 Å². The summed E-state index contributed by atoms with van der Waals surface area (Å²) in [5.41, 5.74) is 0.470. The number of hydrogen-bond donors (Lipinski definition) is 2. The molecule has 1 aromatic rings. The van der Waals surface area contributed by atoms with Crippen LogP contribution in [-0.4, -0.2) is 37.7 Å². The summed E-state index contributed by atoms with van der Waals surface area (Å²) in [6.45, 7) is 0.435. The minimum atomic E-state index is -3.54. The monoisotopic (exact) mass is 325 g/mol. The first-order valence-electron chi connectivity index (χ1n) is 6.93. The standard InChI is InChI=1S/C15H19NO3S2/c17-10-4-3-7-13-6-1-2-9-15(13)21(18,19)16-12-14-8-5-11-20-14/h1-2,6,9,14,16-17H,4-5,8,10-12H2. The highest BCUT2D eigenvalue weighted by molar-refractivity contribution is 8.00. The van der Waals surface area contributed by atoms with Gasteiger partial charge in [-0.1, -0.05) is 24.0 Å². The molecule has 0 spiro atoms. The van der Waals surface area contributed by atoms with Crippen molar-refractivity contribution >= 4 is 21.8 Å². The van der Waals surface area contributed by atoms with Crippen molar-refractivity contribution in [1.82, 2.24) is 4.72 Å². The lowest BCUT2D eigenvalue weighted by molar-refractivity contribution is 0.305. The lowest BCUT2D eigenvalue weighted by Gasteiger charge is -2.12. The van der Waals surface area contributed by atoms with Crippen LogP contribution in [0.15, 0.2) is 29.2 Å². The van der Waals surface area contributed by atoms with Gasteiger partial charge in [0, 0.05) is 23.8 Å². The zero-order valence-corrected chi connectivity index (χ0v) is 13.3. The molecule has 1 saturated heterocycles. The van der Waals surface area contributed by atoms with Gasteiger partial charge in [-0.3, -0.25) is 0 Å². The van der Waals surface area contributed by atoms with E-state index in [1.54, 1.807) is 24.3 Å². The summed E-state index contributed by atoms with van der Waals surface area (Å²) in [6.07, 6.45) is 2.55. The summed E-state index contributed by atoms with van der Waals surface area (Å²) >= 11 is 1.82. The fourth-order valence-corrected chi connectivity index (χ4v) is 4.65. The van der Waals surface area contributed by atoms with Crippen LogP contribution in [0.1, 0.15) is 24.8 Å². The van der Waals surface area contributed by atoms with E-state index >= 15 is 0 Å². The first-order chi connectivity index (χ1) is 10.1. The molecule has 1 aromatic carbocycles. The Kier molecular flexibility index (Phi) is 6.12. The van der Waals surface area contributed by atoms with Crippen molar-refractivity contribution in [2.45, 2.75) is 29.4 Å². The number of nitrogens with one attached hydrogen (secondary N) is 1. The topological polar surface area (TPSA) is 66.4 Å². The molecule has 0 amide bonds. The molecular formula is C15H19NO3S2. The second-order valence-corrected chi connectivity index (χ2v) is 7.90. The van der Waals surface area contributed by atoms with Gasteiger partial charge >= 0.3 is 0 Å². The van der Waals surface area contributed by atoms with Gasteiger partial charge in [0.1, 0.15) is 0 Å². The van der Waals surface area contributed by atoms with E-state index in [2.05, 4.69) is 16.6 Å². The van der Waals surface area contributed by atoms with E-state index in [1.165, 1.54) is 0 Å². The zero-order chi connectivity index (χ0) is 15.1. The molecule has 0 bridgehead atoms. The van der Waals surface area contributed by atoms with Crippen LogP contribution in [-0.2, 0) is 10.0 Å². The highest BCUT2D eigenvalue weighted by atomic mass is 32.2. The van der Waals surface area contributed by atoms with Crippen molar-refractivity contribution in [1.29, 1.82) is 0 Å². The van der Waals surface area contributed by atoms with E-state index < -0.39 is 10.0 Å². The first kappa shape index (κ1) is 16.4. The molecule has 4 nitrogen and oxygen atoms in total. The van der Waals surface area contributed by atoms with E-state index in [9.17, 15) is 8.42 Å². The second-order valence-electron chi connectivity index (χ2n) is 4.76. The Morgan fingerprint density at radius 1 is 1.38 bits per heavy atom. The maximum absolute atomic E-state index is 12.4. The van der Waals surface area contributed by atoms with Crippen LogP contribution >= 0.6 is 11.8 Å². The van der Waals surface area contributed by atoms with Gasteiger partial charge in [-0.2, -0.15) is 11.8 Å². The molecule has 2 N–H and O–H groups in total. The molecule has 114 valence electrons.